The molecule has 0 aliphatic heterocycles. The maximum absolute atomic E-state index is 5.32. The summed E-state index contributed by atoms with van der Waals surface area (Å²) in [4.78, 5) is 8.66. The van der Waals surface area contributed by atoms with Crippen LogP contribution in [0.25, 0.3) is 0 Å². The number of ether oxygens (including phenoxy) is 1. The van der Waals surface area contributed by atoms with Gasteiger partial charge in [-0.15, -0.1) is 0 Å². The van der Waals surface area contributed by atoms with E-state index in [4.69, 9.17) is 4.74 Å². The van der Waals surface area contributed by atoms with E-state index in [1.807, 2.05) is 11.7 Å². The molecule has 0 saturated carbocycles. The lowest BCUT2D eigenvalue weighted by Crippen LogP contribution is -2.25. The van der Waals surface area contributed by atoms with E-state index >= 15 is 0 Å². The topological polar surface area (TPSA) is 64.9 Å². The second-order valence-electron chi connectivity index (χ2n) is 4.48. The highest BCUT2D eigenvalue weighted by atomic mass is 16.5. The summed E-state index contributed by atoms with van der Waals surface area (Å²) >= 11 is 0. The minimum atomic E-state index is -0.0820. The monoisotopic (exact) mass is 275 g/mol. The zero-order valence-electron chi connectivity index (χ0n) is 12.4. The molecule has 1 N–H and O–H groups in total. The summed E-state index contributed by atoms with van der Waals surface area (Å²) in [6.45, 7) is 4.97. The first-order valence-corrected chi connectivity index (χ1v) is 6.82. The molecule has 0 aliphatic rings. The Morgan fingerprint density at radius 2 is 2.05 bits per heavy atom. The first kappa shape index (κ1) is 14.5. The van der Waals surface area contributed by atoms with Gasteiger partial charge in [-0.3, -0.25) is 9.67 Å². The Kier molecular flexibility index (Phi) is 4.68. The van der Waals surface area contributed by atoms with Gasteiger partial charge < -0.3 is 10.1 Å². The molecule has 2 aromatic rings. The highest BCUT2D eigenvalue weighted by Gasteiger charge is 2.23. The summed E-state index contributed by atoms with van der Waals surface area (Å²) in [5, 5.41) is 7.93. The van der Waals surface area contributed by atoms with Crippen molar-refractivity contribution in [2.24, 2.45) is 7.05 Å². The smallest absolute Gasteiger partial charge is 0.237 e. The Hall–Kier alpha value is -1.95. The molecule has 2 aromatic heterocycles. The average molecular weight is 275 g/mol. The molecular formula is C14H21N5O. The van der Waals surface area contributed by atoms with E-state index in [0.29, 0.717) is 5.88 Å². The van der Waals surface area contributed by atoms with Crippen LogP contribution < -0.4 is 10.1 Å². The fraction of sp³-hybridized carbons (Fsp3) is 0.500. The molecule has 108 valence electrons. The standard InChI is InChI=1S/C14H21N5O/c1-5-10-9-11(19(3)18-10)12(15-6-2)13-14(20-4)17-8-7-16-13/h7-9,12,15H,5-6H2,1-4H3. The molecule has 0 aromatic carbocycles. The zero-order chi connectivity index (χ0) is 14.5. The molecule has 0 aliphatic carbocycles. The quantitative estimate of drug-likeness (QED) is 0.865. The van der Waals surface area contributed by atoms with Gasteiger partial charge in [-0.05, 0) is 19.0 Å². The van der Waals surface area contributed by atoms with Crippen LogP contribution in [0.2, 0.25) is 0 Å². The summed E-state index contributed by atoms with van der Waals surface area (Å²) in [5.41, 5.74) is 2.90. The van der Waals surface area contributed by atoms with E-state index in [0.717, 1.165) is 30.0 Å². The first-order chi connectivity index (χ1) is 9.71. The van der Waals surface area contributed by atoms with Crippen LogP contribution in [-0.4, -0.2) is 33.4 Å². The van der Waals surface area contributed by atoms with Gasteiger partial charge in [0.15, 0.2) is 0 Å². The van der Waals surface area contributed by atoms with E-state index in [1.54, 1.807) is 19.5 Å². The van der Waals surface area contributed by atoms with Gasteiger partial charge in [0, 0.05) is 19.4 Å². The minimum Gasteiger partial charge on any atom is -0.480 e. The van der Waals surface area contributed by atoms with Crippen LogP contribution in [0.3, 0.4) is 0 Å². The number of hydrogen-bond donors (Lipinski definition) is 1. The lowest BCUT2D eigenvalue weighted by Gasteiger charge is -2.18. The molecule has 0 fully saturated rings. The van der Waals surface area contributed by atoms with Crippen LogP contribution >= 0.6 is 0 Å². The minimum absolute atomic E-state index is 0.0820. The van der Waals surface area contributed by atoms with Crippen LogP contribution in [0, 0.1) is 0 Å². The largest absolute Gasteiger partial charge is 0.480 e. The molecule has 0 saturated heterocycles. The summed E-state index contributed by atoms with van der Waals surface area (Å²) in [5.74, 6) is 0.540. The molecule has 6 heteroatoms. The Morgan fingerprint density at radius 1 is 1.30 bits per heavy atom. The van der Waals surface area contributed by atoms with Crippen molar-refractivity contribution in [3.8, 4) is 5.88 Å². The normalized spacial score (nSPS) is 12.4. The maximum Gasteiger partial charge on any atom is 0.237 e. The molecule has 2 rings (SSSR count). The van der Waals surface area contributed by atoms with Gasteiger partial charge in [-0.1, -0.05) is 13.8 Å². The number of aryl methyl sites for hydroxylation is 2. The zero-order valence-corrected chi connectivity index (χ0v) is 12.4. The Labute approximate surface area is 119 Å². The van der Waals surface area contributed by atoms with Crippen molar-refractivity contribution in [1.29, 1.82) is 0 Å². The third kappa shape index (κ3) is 2.80. The maximum atomic E-state index is 5.32. The Balaban J connectivity index is 2.47. The van der Waals surface area contributed by atoms with Crippen LogP contribution in [0.15, 0.2) is 18.5 Å². The number of nitrogens with one attached hydrogen (secondary N) is 1. The molecule has 2 heterocycles. The van der Waals surface area contributed by atoms with Gasteiger partial charge >= 0.3 is 0 Å². The van der Waals surface area contributed by atoms with Gasteiger partial charge in [0.05, 0.1) is 24.5 Å². The third-order valence-electron chi connectivity index (χ3n) is 3.19. The molecule has 0 radical (unpaired) electrons. The summed E-state index contributed by atoms with van der Waals surface area (Å²) in [6.07, 6.45) is 4.22. The molecule has 0 spiro atoms. The molecular weight excluding hydrogens is 254 g/mol. The van der Waals surface area contributed by atoms with Crippen molar-refractivity contribution in [1.82, 2.24) is 25.1 Å². The second-order valence-corrected chi connectivity index (χ2v) is 4.48. The SMILES string of the molecule is CCNC(c1nccnc1OC)c1cc(CC)nn1C. The van der Waals surface area contributed by atoms with E-state index in [2.05, 4.69) is 40.3 Å². The summed E-state index contributed by atoms with van der Waals surface area (Å²) in [6, 6.07) is 2.02. The number of hydrogen-bond acceptors (Lipinski definition) is 5. The average Bonchev–Trinajstić information content (AvgIpc) is 2.86. The van der Waals surface area contributed by atoms with Crippen LogP contribution in [-0.2, 0) is 13.5 Å². The third-order valence-corrected chi connectivity index (χ3v) is 3.19. The fourth-order valence-electron chi connectivity index (χ4n) is 2.22. The van der Waals surface area contributed by atoms with Crippen molar-refractivity contribution < 1.29 is 4.74 Å². The van der Waals surface area contributed by atoms with Gasteiger partial charge in [0.25, 0.3) is 0 Å². The van der Waals surface area contributed by atoms with Gasteiger partial charge in [0.2, 0.25) is 5.88 Å². The number of aromatic nitrogens is 4. The van der Waals surface area contributed by atoms with E-state index in [9.17, 15) is 0 Å². The molecule has 1 unspecified atom stereocenters. The molecule has 20 heavy (non-hydrogen) atoms. The van der Waals surface area contributed by atoms with E-state index < -0.39 is 0 Å². The fourth-order valence-corrected chi connectivity index (χ4v) is 2.22. The number of methoxy groups -OCH3 is 1. The summed E-state index contributed by atoms with van der Waals surface area (Å²) in [7, 11) is 3.55. The van der Waals surface area contributed by atoms with Crippen LogP contribution in [0.4, 0.5) is 0 Å². The van der Waals surface area contributed by atoms with Crippen molar-refractivity contribution in [3.63, 3.8) is 0 Å². The lowest BCUT2D eigenvalue weighted by atomic mass is 10.1. The van der Waals surface area contributed by atoms with Crippen molar-refractivity contribution in [3.05, 3.63) is 35.5 Å². The van der Waals surface area contributed by atoms with Crippen molar-refractivity contribution >= 4 is 0 Å². The van der Waals surface area contributed by atoms with Gasteiger partial charge in [-0.2, -0.15) is 5.10 Å². The van der Waals surface area contributed by atoms with E-state index in [1.165, 1.54) is 0 Å². The highest BCUT2D eigenvalue weighted by Crippen LogP contribution is 2.26. The first-order valence-electron chi connectivity index (χ1n) is 6.82. The molecule has 6 nitrogen and oxygen atoms in total. The predicted octanol–water partition coefficient (Wildman–Crippen LogP) is 1.48. The van der Waals surface area contributed by atoms with Crippen LogP contribution in [0.5, 0.6) is 5.88 Å². The van der Waals surface area contributed by atoms with E-state index in [-0.39, 0.29) is 6.04 Å². The second kappa shape index (κ2) is 6.47. The lowest BCUT2D eigenvalue weighted by molar-refractivity contribution is 0.381. The molecule has 0 bridgehead atoms. The predicted molar refractivity (Wildman–Crippen MR) is 76.7 cm³/mol. The highest BCUT2D eigenvalue weighted by molar-refractivity contribution is 5.30. The Morgan fingerprint density at radius 3 is 2.65 bits per heavy atom. The number of rotatable bonds is 6. The van der Waals surface area contributed by atoms with Crippen molar-refractivity contribution in [2.45, 2.75) is 26.3 Å². The number of nitrogens with zero attached hydrogens (tertiary/aromatic N) is 4. The molecule has 1 atom stereocenters. The van der Waals surface area contributed by atoms with Gasteiger partial charge in [0.1, 0.15) is 5.69 Å². The Bertz CT molecular complexity index is 566. The summed E-state index contributed by atoms with van der Waals surface area (Å²) < 4.78 is 7.21. The molecule has 0 amide bonds. The van der Waals surface area contributed by atoms with Crippen LogP contribution in [0.1, 0.15) is 37.0 Å². The van der Waals surface area contributed by atoms with Crippen molar-refractivity contribution in [2.75, 3.05) is 13.7 Å². The van der Waals surface area contributed by atoms with Gasteiger partial charge in [-0.25, -0.2) is 4.98 Å².